The van der Waals surface area contributed by atoms with E-state index in [9.17, 15) is 4.79 Å². The Balaban J connectivity index is 2.06. The first-order valence-corrected chi connectivity index (χ1v) is 6.28. The number of amides is 1. The molecule has 1 aliphatic rings. The molecule has 92 valence electrons. The lowest BCUT2D eigenvalue weighted by atomic mass is 9.95. The zero-order valence-electron chi connectivity index (χ0n) is 10.3. The van der Waals surface area contributed by atoms with Crippen molar-refractivity contribution in [1.29, 1.82) is 0 Å². The molecule has 1 saturated carbocycles. The van der Waals surface area contributed by atoms with Crippen LogP contribution in [0.15, 0.2) is 30.3 Å². The molecule has 17 heavy (non-hydrogen) atoms. The molecule has 0 bridgehead atoms. The second-order valence-corrected chi connectivity index (χ2v) is 4.85. The second-order valence-electron chi connectivity index (χ2n) is 4.85. The SMILES string of the molecule is CCC(C(=O)NC1(CN)CC1)c1ccccc1. The van der Waals surface area contributed by atoms with Gasteiger partial charge in [0.1, 0.15) is 0 Å². The molecule has 1 aromatic carbocycles. The van der Waals surface area contributed by atoms with Crippen LogP contribution in [0.25, 0.3) is 0 Å². The van der Waals surface area contributed by atoms with Gasteiger partial charge in [0.2, 0.25) is 5.91 Å². The van der Waals surface area contributed by atoms with Crippen LogP contribution in [-0.4, -0.2) is 18.0 Å². The van der Waals surface area contributed by atoms with E-state index in [0.29, 0.717) is 6.54 Å². The molecule has 1 aromatic rings. The summed E-state index contributed by atoms with van der Waals surface area (Å²) in [6.45, 7) is 2.59. The number of nitrogens with one attached hydrogen (secondary N) is 1. The van der Waals surface area contributed by atoms with Crippen molar-refractivity contribution in [1.82, 2.24) is 5.32 Å². The lowest BCUT2D eigenvalue weighted by molar-refractivity contribution is -0.123. The van der Waals surface area contributed by atoms with Crippen molar-refractivity contribution in [3.8, 4) is 0 Å². The first-order valence-electron chi connectivity index (χ1n) is 6.28. The van der Waals surface area contributed by atoms with E-state index in [0.717, 1.165) is 24.8 Å². The Hall–Kier alpha value is -1.35. The predicted octanol–water partition coefficient (Wildman–Crippen LogP) is 1.79. The zero-order chi connectivity index (χ0) is 12.3. The first-order chi connectivity index (χ1) is 8.21. The molecule has 0 aromatic heterocycles. The van der Waals surface area contributed by atoms with Gasteiger partial charge in [0.15, 0.2) is 0 Å². The monoisotopic (exact) mass is 232 g/mol. The van der Waals surface area contributed by atoms with Crippen molar-refractivity contribution in [2.75, 3.05) is 6.54 Å². The summed E-state index contributed by atoms with van der Waals surface area (Å²) in [4.78, 5) is 12.2. The van der Waals surface area contributed by atoms with Crippen LogP contribution in [-0.2, 0) is 4.79 Å². The average molecular weight is 232 g/mol. The molecule has 0 spiro atoms. The van der Waals surface area contributed by atoms with E-state index < -0.39 is 0 Å². The van der Waals surface area contributed by atoms with Crippen LogP contribution in [0.4, 0.5) is 0 Å². The smallest absolute Gasteiger partial charge is 0.228 e. The van der Waals surface area contributed by atoms with E-state index in [1.54, 1.807) is 0 Å². The molecule has 1 atom stereocenters. The van der Waals surface area contributed by atoms with Crippen LogP contribution in [0.1, 0.15) is 37.7 Å². The number of carbonyl (C=O) groups excluding carboxylic acids is 1. The molecule has 0 aliphatic heterocycles. The van der Waals surface area contributed by atoms with Crippen LogP contribution in [0, 0.1) is 0 Å². The van der Waals surface area contributed by atoms with Gasteiger partial charge in [-0.2, -0.15) is 0 Å². The number of benzene rings is 1. The van der Waals surface area contributed by atoms with Crippen LogP contribution >= 0.6 is 0 Å². The highest BCUT2D eigenvalue weighted by Gasteiger charge is 2.43. The Morgan fingerprint density at radius 3 is 2.53 bits per heavy atom. The maximum atomic E-state index is 12.2. The molecular formula is C14H20N2O. The maximum Gasteiger partial charge on any atom is 0.228 e. The van der Waals surface area contributed by atoms with Gasteiger partial charge in [0.25, 0.3) is 0 Å². The van der Waals surface area contributed by atoms with Gasteiger partial charge in [-0.3, -0.25) is 4.79 Å². The maximum absolute atomic E-state index is 12.2. The summed E-state index contributed by atoms with van der Waals surface area (Å²) < 4.78 is 0. The van der Waals surface area contributed by atoms with Crippen LogP contribution in [0.5, 0.6) is 0 Å². The molecule has 0 saturated heterocycles. The third kappa shape index (κ3) is 2.67. The van der Waals surface area contributed by atoms with E-state index in [2.05, 4.69) is 5.32 Å². The Kier molecular flexibility index (Phi) is 3.48. The van der Waals surface area contributed by atoms with E-state index in [-0.39, 0.29) is 17.4 Å². The Labute approximate surface area is 102 Å². The van der Waals surface area contributed by atoms with Gasteiger partial charge in [0, 0.05) is 6.54 Å². The highest BCUT2D eigenvalue weighted by atomic mass is 16.2. The van der Waals surface area contributed by atoms with Crippen molar-refractivity contribution < 1.29 is 4.79 Å². The number of carbonyl (C=O) groups is 1. The van der Waals surface area contributed by atoms with Crippen LogP contribution in [0.3, 0.4) is 0 Å². The van der Waals surface area contributed by atoms with E-state index in [1.807, 2.05) is 37.3 Å². The average Bonchev–Trinajstić information content (AvgIpc) is 3.12. The summed E-state index contributed by atoms with van der Waals surface area (Å²) >= 11 is 0. The van der Waals surface area contributed by atoms with Crippen molar-refractivity contribution in [3.63, 3.8) is 0 Å². The fourth-order valence-corrected chi connectivity index (χ4v) is 2.14. The minimum absolute atomic E-state index is 0.0553. The van der Waals surface area contributed by atoms with Crippen molar-refractivity contribution in [2.24, 2.45) is 5.73 Å². The van der Waals surface area contributed by atoms with Crippen molar-refractivity contribution in [2.45, 2.75) is 37.6 Å². The summed E-state index contributed by atoms with van der Waals surface area (Å²) in [7, 11) is 0. The minimum atomic E-state index is -0.0979. The topological polar surface area (TPSA) is 55.1 Å². The molecule has 3 nitrogen and oxygen atoms in total. The molecule has 0 heterocycles. The number of nitrogens with two attached hydrogens (primary N) is 1. The van der Waals surface area contributed by atoms with E-state index >= 15 is 0 Å². The van der Waals surface area contributed by atoms with E-state index in [4.69, 9.17) is 5.73 Å². The summed E-state index contributed by atoms with van der Waals surface area (Å²) in [5.74, 6) is 0.0573. The Morgan fingerprint density at radius 1 is 1.41 bits per heavy atom. The largest absolute Gasteiger partial charge is 0.349 e. The summed E-state index contributed by atoms with van der Waals surface area (Å²) in [5, 5.41) is 3.10. The van der Waals surface area contributed by atoms with Crippen LogP contribution < -0.4 is 11.1 Å². The first kappa shape index (κ1) is 12.1. The normalized spacial score (nSPS) is 18.5. The highest BCUT2D eigenvalue weighted by molar-refractivity contribution is 5.84. The minimum Gasteiger partial charge on any atom is -0.349 e. The number of hydrogen-bond acceptors (Lipinski definition) is 2. The fourth-order valence-electron chi connectivity index (χ4n) is 2.14. The van der Waals surface area contributed by atoms with Gasteiger partial charge in [0.05, 0.1) is 11.5 Å². The van der Waals surface area contributed by atoms with Gasteiger partial charge in [-0.15, -0.1) is 0 Å². The van der Waals surface area contributed by atoms with Gasteiger partial charge < -0.3 is 11.1 Å². The van der Waals surface area contributed by atoms with Gasteiger partial charge in [-0.05, 0) is 24.8 Å². The third-order valence-corrected chi connectivity index (χ3v) is 3.56. The number of rotatable bonds is 5. The molecule has 2 rings (SSSR count). The summed E-state index contributed by atoms with van der Waals surface area (Å²) in [6, 6.07) is 9.93. The standard InChI is InChI=1S/C14H20N2O/c1-2-12(11-6-4-3-5-7-11)13(17)16-14(10-15)8-9-14/h3-7,12H,2,8-10,15H2,1H3,(H,16,17). The van der Waals surface area contributed by atoms with Crippen molar-refractivity contribution in [3.05, 3.63) is 35.9 Å². The quantitative estimate of drug-likeness (QED) is 0.813. The third-order valence-electron chi connectivity index (χ3n) is 3.56. The molecule has 1 amide bonds. The van der Waals surface area contributed by atoms with Gasteiger partial charge in [-0.25, -0.2) is 0 Å². The Bertz CT molecular complexity index is 384. The Morgan fingerprint density at radius 2 is 2.06 bits per heavy atom. The lowest BCUT2D eigenvalue weighted by Crippen LogP contribution is -2.44. The highest BCUT2D eigenvalue weighted by Crippen LogP contribution is 2.35. The summed E-state index contributed by atoms with van der Waals surface area (Å²) in [6.07, 6.45) is 2.84. The van der Waals surface area contributed by atoms with Crippen LogP contribution in [0.2, 0.25) is 0 Å². The molecule has 1 aliphatic carbocycles. The van der Waals surface area contributed by atoms with Gasteiger partial charge >= 0.3 is 0 Å². The fraction of sp³-hybridized carbons (Fsp3) is 0.500. The molecular weight excluding hydrogens is 212 g/mol. The van der Waals surface area contributed by atoms with E-state index in [1.165, 1.54) is 0 Å². The zero-order valence-corrected chi connectivity index (χ0v) is 10.3. The molecule has 3 heteroatoms. The molecule has 0 radical (unpaired) electrons. The van der Waals surface area contributed by atoms with Crippen molar-refractivity contribution >= 4 is 5.91 Å². The molecule has 1 fully saturated rings. The van der Waals surface area contributed by atoms with Gasteiger partial charge in [-0.1, -0.05) is 37.3 Å². The molecule has 1 unspecified atom stereocenters. The number of hydrogen-bond donors (Lipinski definition) is 2. The summed E-state index contributed by atoms with van der Waals surface area (Å²) in [5.41, 5.74) is 6.67. The lowest BCUT2D eigenvalue weighted by Gasteiger charge is -2.20. The second kappa shape index (κ2) is 4.88. The predicted molar refractivity (Wildman–Crippen MR) is 68.6 cm³/mol. The molecule has 3 N–H and O–H groups in total.